The lowest BCUT2D eigenvalue weighted by molar-refractivity contribution is 0.245. The van der Waals surface area contributed by atoms with Gasteiger partial charge < -0.3 is 25.1 Å². The molecule has 2 aromatic carbocycles. The quantitative estimate of drug-likeness (QED) is 0.582. The van der Waals surface area contributed by atoms with E-state index in [0.717, 1.165) is 32.2 Å². The van der Waals surface area contributed by atoms with Gasteiger partial charge in [-0.1, -0.05) is 17.7 Å². The van der Waals surface area contributed by atoms with Gasteiger partial charge in [0.2, 0.25) is 5.95 Å². The van der Waals surface area contributed by atoms with Crippen molar-refractivity contribution in [2.45, 2.75) is 19.0 Å². The Morgan fingerprint density at radius 2 is 1.94 bits per heavy atom. The molecule has 2 saturated heterocycles. The van der Waals surface area contributed by atoms with Crippen LogP contribution in [0.1, 0.15) is 6.92 Å². The average molecular weight is 489 g/mol. The van der Waals surface area contributed by atoms with E-state index in [1.54, 1.807) is 6.07 Å². The number of aromatic hydroxyl groups is 1. The molecule has 2 fully saturated rings. The van der Waals surface area contributed by atoms with Crippen molar-refractivity contribution in [3.05, 3.63) is 40.9 Å². The summed E-state index contributed by atoms with van der Waals surface area (Å²) in [4.78, 5) is 15.7. The van der Waals surface area contributed by atoms with Crippen LogP contribution in [0.5, 0.6) is 5.75 Å². The first-order chi connectivity index (χ1) is 16.3. The van der Waals surface area contributed by atoms with Gasteiger partial charge in [0.05, 0.1) is 10.6 Å². The van der Waals surface area contributed by atoms with Crippen molar-refractivity contribution >= 4 is 34.3 Å². The number of piperazine rings is 1. The van der Waals surface area contributed by atoms with Crippen molar-refractivity contribution < 1.29 is 13.9 Å². The third-order valence-electron chi connectivity index (χ3n) is 6.74. The summed E-state index contributed by atoms with van der Waals surface area (Å²) in [6.45, 7) is 5.77. The molecule has 10 heteroatoms. The van der Waals surface area contributed by atoms with Crippen LogP contribution in [0.15, 0.2) is 24.3 Å². The number of phenols is 1. The first-order valence-electron chi connectivity index (χ1n) is 11.3. The van der Waals surface area contributed by atoms with E-state index >= 15 is 4.39 Å². The Morgan fingerprint density at radius 3 is 2.62 bits per heavy atom. The van der Waals surface area contributed by atoms with Crippen LogP contribution in [0, 0.1) is 11.6 Å². The number of hydrogen-bond acceptors (Lipinski definition) is 7. The number of benzene rings is 2. The molecule has 0 aliphatic carbocycles. The van der Waals surface area contributed by atoms with Crippen molar-refractivity contribution in [3.63, 3.8) is 0 Å². The number of nitrogens with zero attached hydrogens (tertiary/aromatic N) is 5. The second kappa shape index (κ2) is 8.79. The van der Waals surface area contributed by atoms with Gasteiger partial charge in [0.15, 0.2) is 5.82 Å². The largest absolute Gasteiger partial charge is 0.507 e. The second-order valence-electron chi connectivity index (χ2n) is 9.19. The summed E-state index contributed by atoms with van der Waals surface area (Å²) < 4.78 is 30.7. The Labute approximate surface area is 202 Å². The van der Waals surface area contributed by atoms with Gasteiger partial charge in [-0.15, -0.1) is 0 Å². The molecule has 180 valence electrons. The minimum Gasteiger partial charge on any atom is -0.507 e. The monoisotopic (exact) mass is 488 g/mol. The van der Waals surface area contributed by atoms with Crippen LogP contribution in [0.4, 0.5) is 20.5 Å². The molecule has 0 radical (unpaired) electrons. The van der Waals surface area contributed by atoms with Gasteiger partial charge >= 0.3 is 0 Å². The third-order valence-corrected chi connectivity index (χ3v) is 7.04. The van der Waals surface area contributed by atoms with Crippen LogP contribution in [0.25, 0.3) is 22.0 Å². The molecule has 0 amide bonds. The van der Waals surface area contributed by atoms with E-state index in [2.05, 4.69) is 27.0 Å². The molecule has 3 aromatic rings. The number of phenolic OH excluding ortho intramolecular Hbond substituents is 1. The van der Waals surface area contributed by atoms with Crippen LogP contribution in [-0.2, 0) is 0 Å². The van der Waals surface area contributed by atoms with E-state index in [1.807, 2.05) is 19.0 Å². The van der Waals surface area contributed by atoms with Crippen molar-refractivity contribution in [2.24, 2.45) is 0 Å². The van der Waals surface area contributed by atoms with Gasteiger partial charge in [-0.2, -0.15) is 4.98 Å². The Kier molecular flexibility index (Phi) is 5.95. The number of hydrogen-bond donors (Lipinski definition) is 2. The van der Waals surface area contributed by atoms with E-state index < -0.39 is 11.6 Å². The average Bonchev–Trinajstić information content (AvgIpc) is 2.75. The summed E-state index contributed by atoms with van der Waals surface area (Å²) in [5.74, 6) is -0.896. The van der Waals surface area contributed by atoms with Crippen molar-refractivity contribution in [1.82, 2.24) is 20.2 Å². The fraction of sp³-hybridized carbons (Fsp3) is 0.417. The molecule has 1 unspecified atom stereocenters. The normalized spacial score (nSPS) is 19.2. The summed E-state index contributed by atoms with van der Waals surface area (Å²) >= 11 is 6.51. The van der Waals surface area contributed by atoms with E-state index in [4.69, 9.17) is 16.6 Å². The van der Waals surface area contributed by atoms with Crippen LogP contribution in [-0.4, -0.2) is 78.9 Å². The first kappa shape index (κ1) is 23.0. The summed E-state index contributed by atoms with van der Waals surface area (Å²) in [5, 5.41) is 14.1. The topological polar surface area (TPSA) is 67.8 Å². The highest BCUT2D eigenvalue weighted by Crippen LogP contribution is 2.43. The molecule has 2 aliphatic rings. The smallest absolute Gasteiger partial charge is 0.228 e. The highest BCUT2D eigenvalue weighted by molar-refractivity contribution is 6.34. The number of fused-ring (bicyclic) bond motifs is 1. The van der Waals surface area contributed by atoms with E-state index in [1.165, 1.54) is 12.1 Å². The van der Waals surface area contributed by atoms with Gasteiger partial charge in [0.1, 0.15) is 22.9 Å². The fourth-order valence-electron chi connectivity index (χ4n) is 4.62. The Hall–Kier alpha value is -2.75. The Bertz CT molecular complexity index is 1230. The van der Waals surface area contributed by atoms with Crippen LogP contribution < -0.4 is 15.1 Å². The molecule has 1 atom stereocenters. The number of likely N-dealkylation sites (N-methyl/N-ethyl adjacent to an activating group) is 1. The summed E-state index contributed by atoms with van der Waals surface area (Å²) in [7, 11) is 4.04. The molecular weight excluding hydrogens is 462 g/mol. The maximum Gasteiger partial charge on any atom is 0.228 e. The molecule has 0 spiro atoms. The van der Waals surface area contributed by atoms with Gasteiger partial charge in [-0.3, -0.25) is 0 Å². The lowest BCUT2D eigenvalue weighted by Crippen LogP contribution is -2.58. The van der Waals surface area contributed by atoms with Crippen LogP contribution in [0.3, 0.4) is 0 Å². The van der Waals surface area contributed by atoms with Gasteiger partial charge in [-0.25, -0.2) is 13.8 Å². The standard InChI is InChI=1S/C24H27ClF2N6O/c1-13-10-28-7-8-33(13)23-15-9-16(25)19(20-17(26)5-4-6-18(20)34)21(27)22(15)29-24(30-23)32-11-14(12-32)31(2)3/h4-6,9,13-14,28,34H,7-8,10-12H2,1-3H3. The van der Waals surface area contributed by atoms with E-state index in [-0.39, 0.29) is 33.5 Å². The number of aromatic nitrogens is 2. The first-order valence-corrected chi connectivity index (χ1v) is 11.7. The maximum absolute atomic E-state index is 16.1. The Morgan fingerprint density at radius 1 is 1.18 bits per heavy atom. The van der Waals surface area contributed by atoms with Crippen molar-refractivity contribution in [3.8, 4) is 16.9 Å². The zero-order chi connectivity index (χ0) is 24.1. The number of halogens is 3. The van der Waals surface area contributed by atoms with Crippen molar-refractivity contribution in [1.29, 1.82) is 0 Å². The van der Waals surface area contributed by atoms with Gasteiger partial charge in [0.25, 0.3) is 0 Å². The summed E-state index contributed by atoms with van der Waals surface area (Å²) in [6.07, 6.45) is 0. The predicted octanol–water partition coefficient (Wildman–Crippen LogP) is 3.48. The molecule has 2 aliphatic heterocycles. The minimum atomic E-state index is -0.778. The zero-order valence-corrected chi connectivity index (χ0v) is 20.1. The van der Waals surface area contributed by atoms with Crippen LogP contribution in [0.2, 0.25) is 5.02 Å². The minimum absolute atomic E-state index is 0.0117. The summed E-state index contributed by atoms with van der Waals surface area (Å²) in [6, 6.07) is 5.89. The van der Waals surface area contributed by atoms with Crippen molar-refractivity contribution in [2.75, 3.05) is 56.6 Å². The molecule has 3 heterocycles. The molecule has 0 saturated carbocycles. The summed E-state index contributed by atoms with van der Waals surface area (Å²) in [5.41, 5.74) is -0.426. The van der Waals surface area contributed by atoms with E-state index in [9.17, 15) is 9.50 Å². The second-order valence-corrected chi connectivity index (χ2v) is 9.60. The number of anilines is 2. The number of rotatable bonds is 4. The molecule has 5 rings (SSSR count). The van der Waals surface area contributed by atoms with Gasteiger partial charge in [0, 0.05) is 55.8 Å². The molecule has 0 bridgehead atoms. The zero-order valence-electron chi connectivity index (χ0n) is 19.3. The molecule has 1 aromatic heterocycles. The molecule has 2 N–H and O–H groups in total. The molecular formula is C24H27ClF2N6O. The fourth-order valence-corrected chi connectivity index (χ4v) is 4.91. The third kappa shape index (κ3) is 3.81. The lowest BCUT2D eigenvalue weighted by Gasteiger charge is -2.43. The molecule has 34 heavy (non-hydrogen) atoms. The number of nitrogens with one attached hydrogen (secondary N) is 1. The van der Waals surface area contributed by atoms with E-state index in [0.29, 0.717) is 29.7 Å². The van der Waals surface area contributed by atoms with Crippen LogP contribution >= 0.6 is 11.6 Å². The molecule has 7 nitrogen and oxygen atoms in total. The Balaban J connectivity index is 1.72. The lowest BCUT2D eigenvalue weighted by atomic mass is 10.0. The highest BCUT2D eigenvalue weighted by atomic mass is 35.5. The highest BCUT2D eigenvalue weighted by Gasteiger charge is 2.33. The maximum atomic E-state index is 16.1. The predicted molar refractivity (Wildman–Crippen MR) is 131 cm³/mol. The van der Waals surface area contributed by atoms with Gasteiger partial charge in [-0.05, 0) is 39.2 Å². The SMILES string of the molecule is CC1CNCCN1c1nc(N2CC(N(C)C)C2)nc2c(F)c(-c3c(O)cccc3F)c(Cl)cc12.